The predicted molar refractivity (Wildman–Crippen MR) is 52.2 cm³/mol. The van der Waals surface area contributed by atoms with E-state index in [1.807, 2.05) is 20.8 Å². The van der Waals surface area contributed by atoms with Crippen LogP contribution in [0.2, 0.25) is 0 Å². The van der Waals surface area contributed by atoms with Crippen LogP contribution in [-0.2, 0) is 6.18 Å². The number of hydrogen-bond donors (Lipinski definition) is 0. The minimum absolute atomic E-state index is 0.0782. The summed E-state index contributed by atoms with van der Waals surface area (Å²) in [4.78, 5) is 0. The summed E-state index contributed by atoms with van der Waals surface area (Å²) in [5.74, 6) is -0.742. The van der Waals surface area contributed by atoms with Gasteiger partial charge >= 0.3 is 6.18 Å². The first-order chi connectivity index (χ1) is 6.68. The molecule has 0 aromatic carbocycles. The van der Waals surface area contributed by atoms with E-state index in [1.165, 1.54) is 6.07 Å². The van der Waals surface area contributed by atoms with Gasteiger partial charge in [0.1, 0.15) is 5.76 Å². The van der Waals surface area contributed by atoms with Gasteiger partial charge in [-0.15, -0.1) is 0 Å². The zero-order valence-electron chi connectivity index (χ0n) is 8.85. The number of furan rings is 1. The average Bonchev–Trinajstić information content (AvgIpc) is 2.45. The molecule has 1 aromatic heterocycles. The maximum Gasteiger partial charge on any atom is 0.449 e. The molecule has 0 aliphatic rings. The van der Waals surface area contributed by atoms with Crippen molar-refractivity contribution in [1.29, 1.82) is 0 Å². The molecule has 0 aliphatic carbocycles. The first-order valence-corrected chi connectivity index (χ1v) is 4.55. The van der Waals surface area contributed by atoms with E-state index in [0.29, 0.717) is 0 Å². The Labute approximate surface area is 86.6 Å². The van der Waals surface area contributed by atoms with Crippen LogP contribution < -0.4 is 0 Å². The van der Waals surface area contributed by atoms with Crippen molar-refractivity contribution in [2.75, 3.05) is 0 Å². The topological polar surface area (TPSA) is 13.1 Å². The third-order valence-corrected chi connectivity index (χ3v) is 1.65. The number of hydrogen-bond acceptors (Lipinski definition) is 1. The van der Waals surface area contributed by atoms with Crippen molar-refractivity contribution in [3.63, 3.8) is 0 Å². The normalized spacial score (nSPS) is 13.7. The van der Waals surface area contributed by atoms with Crippen molar-refractivity contribution in [2.24, 2.45) is 5.41 Å². The second-order valence-electron chi connectivity index (χ2n) is 4.40. The summed E-state index contributed by atoms with van der Waals surface area (Å²) in [5, 5.41) is 0. The lowest BCUT2D eigenvalue weighted by Gasteiger charge is -2.10. The molecule has 0 aliphatic heterocycles. The monoisotopic (exact) mass is 218 g/mol. The van der Waals surface area contributed by atoms with Gasteiger partial charge in [0.2, 0.25) is 5.76 Å². The number of rotatable bonds is 1. The van der Waals surface area contributed by atoms with Crippen LogP contribution in [0.4, 0.5) is 13.2 Å². The van der Waals surface area contributed by atoms with Crippen molar-refractivity contribution in [1.82, 2.24) is 0 Å². The van der Waals surface area contributed by atoms with Crippen LogP contribution in [0.1, 0.15) is 32.3 Å². The van der Waals surface area contributed by atoms with Crippen LogP contribution in [0, 0.1) is 5.41 Å². The Morgan fingerprint density at radius 3 is 2.13 bits per heavy atom. The zero-order valence-corrected chi connectivity index (χ0v) is 8.85. The number of alkyl halides is 3. The number of halogens is 3. The summed E-state index contributed by atoms with van der Waals surface area (Å²) in [6.45, 7) is 5.87. The zero-order chi connectivity index (χ0) is 11.7. The molecule has 1 nitrogen and oxygen atoms in total. The molecule has 1 aromatic rings. The Bertz CT molecular complexity index is 353. The van der Waals surface area contributed by atoms with Crippen LogP contribution in [0.25, 0.3) is 6.08 Å². The fourth-order valence-corrected chi connectivity index (χ4v) is 0.927. The van der Waals surface area contributed by atoms with Gasteiger partial charge in [0.15, 0.2) is 0 Å². The molecule has 0 N–H and O–H groups in total. The van der Waals surface area contributed by atoms with Crippen LogP contribution in [0.3, 0.4) is 0 Å². The first kappa shape index (κ1) is 11.9. The predicted octanol–water partition coefficient (Wildman–Crippen LogP) is 4.36. The lowest BCUT2D eigenvalue weighted by Crippen LogP contribution is -2.02. The largest absolute Gasteiger partial charge is 0.452 e. The molecule has 0 atom stereocenters. The Balaban J connectivity index is 2.82. The first-order valence-electron chi connectivity index (χ1n) is 4.55. The van der Waals surface area contributed by atoms with Crippen LogP contribution in [0.15, 0.2) is 22.6 Å². The summed E-state index contributed by atoms with van der Waals surface area (Å²) in [6, 6.07) is 2.24. The summed E-state index contributed by atoms with van der Waals surface area (Å²) in [5.41, 5.74) is -0.0782. The molecule has 15 heavy (non-hydrogen) atoms. The van der Waals surface area contributed by atoms with Crippen molar-refractivity contribution in [3.8, 4) is 0 Å². The highest BCUT2D eigenvalue weighted by atomic mass is 19.4. The smallest absolute Gasteiger partial charge is 0.449 e. The summed E-state index contributed by atoms with van der Waals surface area (Å²) < 4.78 is 41.1. The molecule has 0 unspecified atom stereocenters. The van der Waals surface area contributed by atoms with E-state index in [2.05, 4.69) is 4.42 Å². The third kappa shape index (κ3) is 3.81. The highest BCUT2D eigenvalue weighted by Gasteiger charge is 2.34. The fourth-order valence-electron chi connectivity index (χ4n) is 0.927. The van der Waals surface area contributed by atoms with Gasteiger partial charge in [-0.05, 0) is 23.6 Å². The molecular formula is C11H13F3O. The van der Waals surface area contributed by atoms with E-state index in [-0.39, 0.29) is 11.2 Å². The Morgan fingerprint density at radius 2 is 1.73 bits per heavy atom. The molecule has 0 bridgehead atoms. The minimum Gasteiger partial charge on any atom is -0.452 e. The quantitative estimate of drug-likeness (QED) is 0.682. The van der Waals surface area contributed by atoms with Crippen molar-refractivity contribution in [3.05, 3.63) is 29.7 Å². The maximum absolute atomic E-state index is 12.2. The molecule has 1 rings (SSSR count). The van der Waals surface area contributed by atoms with Crippen LogP contribution >= 0.6 is 0 Å². The minimum atomic E-state index is -4.41. The molecule has 4 heteroatoms. The molecule has 0 saturated carbocycles. The van der Waals surface area contributed by atoms with Gasteiger partial charge in [0.25, 0.3) is 0 Å². The average molecular weight is 218 g/mol. The molecule has 0 saturated heterocycles. The number of allylic oxidation sites excluding steroid dienone is 1. The van der Waals surface area contributed by atoms with Gasteiger partial charge in [-0.3, -0.25) is 0 Å². The van der Waals surface area contributed by atoms with Gasteiger partial charge in [-0.1, -0.05) is 26.8 Å². The van der Waals surface area contributed by atoms with E-state index in [4.69, 9.17) is 0 Å². The van der Waals surface area contributed by atoms with Crippen molar-refractivity contribution >= 4 is 6.08 Å². The maximum atomic E-state index is 12.2. The van der Waals surface area contributed by atoms with E-state index in [1.54, 1.807) is 12.2 Å². The molecular weight excluding hydrogens is 205 g/mol. The van der Waals surface area contributed by atoms with Gasteiger partial charge in [0.05, 0.1) is 0 Å². The summed E-state index contributed by atoms with van der Waals surface area (Å²) in [7, 11) is 0. The standard InChI is InChI=1S/C11H13F3O/c1-10(2,3)7-6-8-4-5-9(15-8)11(12,13)14/h4-7H,1-3H3/b7-6+. The SMILES string of the molecule is CC(C)(C)/C=C/c1ccc(C(F)(F)F)o1. The van der Waals surface area contributed by atoms with Crippen molar-refractivity contribution < 1.29 is 17.6 Å². The molecule has 1 heterocycles. The molecule has 84 valence electrons. The second kappa shape index (κ2) is 3.76. The Hall–Kier alpha value is -1.19. The molecule has 0 spiro atoms. The summed E-state index contributed by atoms with van der Waals surface area (Å²) in [6.07, 6.45) is -1.06. The highest BCUT2D eigenvalue weighted by Crippen LogP contribution is 2.31. The summed E-state index contributed by atoms with van der Waals surface area (Å²) >= 11 is 0. The Kier molecular flexibility index (Phi) is 2.98. The lowest BCUT2D eigenvalue weighted by molar-refractivity contribution is -0.153. The second-order valence-corrected chi connectivity index (χ2v) is 4.40. The van der Waals surface area contributed by atoms with Crippen LogP contribution in [0.5, 0.6) is 0 Å². The van der Waals surface area contributed by atoms with Gasteiger partial charge in [0, 0.05) is 0 Å². The van der Waals surface area contributed by atoms with Gasteiger partial charge in [-0.25, -0.2) is 0 Å². The molecule has 0 fully saturated rings. The van der Waals surface area contributed by atoms with Crippen LogP contribution in [-0.4, -0.2) is 0 Å². The van der Waals surface area contributed by atoms with Gasteiger partial charge in [-0.2, -0.15) is 13.2 Å². The van der Waals surface area contributed by atoms with Crippen molar-refractivity contribution in [2.45, 2.75) is 26.9 Å². The lowest BCUT2D eigenvalue weighted by atomic mass is 9.96. The van der Waals surface area contributed by atoms with E-state index in [9.17, 15) is 13.2 Å². The van der Waals surface area contributed by atoms with E-state index in [0.717, 1.165) is 6.07 Å². The fraction of sp³-hybridized carbons (Fsp3) is 0.455. The molecule has 0 amide bonds. The van der Waals surface area contributed by atoms with Gasteiger partial charge < -0.3 is 4.42 Å². The molecule has 0 radical (unpaired) electrons. The highest BCUT2D eigenvalue weighted by molar-refractivity contribution is 5.44. The van der Waals surface area contributed by atoms with E-state index < -0.39 is 11.9 Å². The van der Waals surface area contributed by atoms with E-state index >= 15 is 0 Å². The third-order valence-electron chi connectivity index (χ3n) is 1.65. The Morgan fingerprint density at radius 1 is 1.13 bits per heavy atom.